The number of carbonyl (C=O) groups is 1. The summed E-state index contributed by atoms with van der Waals surface area (Å²) in [5.41, 5.74) is 12.8. The van der Waals surface area contributed by atoms with Crippen molar-refractivity contribution in [2.45, 2.75) is 6.92 Å². The number of amides is 1. The van der Waals surface area contributed by atoms with Crippen molar-refractivity contribution >= 4 is 35.0 Å². The van der Waals surface area contributed by atoms with Crippen LogP contribution in [0.4, 0.5) is 0 Å². The third-order valence-electron chi connectivity index (χ3n) is 3.61. The highest BCUT2D eigenvalue weighted by atomic mass is 35.5. The lowest BCUT2D eigenvalue weighted by atomic mass is 10.1. The maximum Gasteiger partial charge on any atom is 0.282 e. The molecule has 0 atom stereocenters. The van der Waals surface area contributed by atoms with E-state index < -0.39 is 5.91 Å². The number of rotatable bonds is 2. The standard InChI is InChI=1S/C17H16N4O.ClH/c1-11-15(16(22)20-17(18)19)8-9-21(11)14-7-6-12-4-2-3-5-13(12)10-14;/h2-10H,1H3,(H4,18,19,20,22);1H. The lowest BCUT2D eigenvalue weighted by Gasteiger charge is -2.08. The number of benzene rings is 2. The van der Waals surface area contributed by atoms with Crippen LogP contribution < -0.4 is 11.5 Å². The summed E-state index contributed by atoms with van der Waals surface area (Å²) in [6, 6.07) is 16.0. The normalized spacial score (nSPS) is 10.1. The first-order valence-electron chi connectivity index (χ1n) is 6.87. The monoisotopic (exact) mass is 328 g/mol. The van der Waals surface area contributed by atoms with Crippen molar-refractivity contribution in [2.24, 2.45) is 16.5 Å². The molecule has 3 rings (SSSR count). The maximum atomic E-state index is 12.0. The molecule has 0 aliphatic rings. The van der Waals surface area contributed by atoms with E-state index in [1.807, 2.05) is 35.9 Å². The van der Waals surface area contributed by atoms with Crippen molar-refractivity contribution < 1.29 is 4.79 Å². The number of guanidine groups is 1. The Bertz CT molecular complexity index is 894. The van der Waals surface area contributed by atoms with Gasteiger partial charge in [-0.2, -0.15) is 4.99 Å². The molecule has 0 fully saturated rings. The second-order valence-electron chi connectivity index (χ2n) is 5.06. The molecule has 23 heavy (non-hydrogen) atoms. The van der Waals surface area contributed by atoms with E-state index in [9.17, 15) is 4.79 Å². The second kappa shape index (κ2) is 6.54. The zero-order valence-corrected chi connectivity index (χ0v) is 13.4. The Labute approximate surface area is 140 Å². The minimum Gasteiger partial charge on any atom is -0.370 e. The van der Waals surface area contributed by atoms with Gasteiger partial charge < -0.3 is 16.0 Å². The third kappa shape index (κ3) is 3.19. The Kier molecular flexibility index (Phi) is 4.71. The highest BCUT2D eigenvalue weighted by molar-refractivity contribution is 6.02. The van der Waals surface area contributed by atoms with E-state index >= 15 is 0 Å². The predicted molar refractivity (Wildman–Crippen MR) is 95.4 cm³/mol. The van der Waals surface area contributed by atoms with Crippen molar-refractivity contribution in [1.29, 1.82) is 0 Å². The number of aromatic nitrogens is 1. The first kappa shape index (κ1) is 16.6. The van der Waals surface area contributed by atoms with Crippen molar-refractivity contribution in [3.8, 4) is 5.69 Å². The Morgan fingerprint density at radius 2 is 1.74 bits per heavy atom. The molecule has 3 aromatic rings. The molecule has 2 aromatic carbocycles. The van der Waals surface area contributed by atoms with Gasteiger partial charge in [-0.25, -0.2) is 0 Å². The lowest BCUT2D eigenvalue weighted by Crippen LogP contribution is -2.24. The average molecular weight is 329 g/mol. The Hall–Kier alpha value is -2.79. The molecule has 1 amide bonds. The molecule has 0 bridgehead atoms. The Morgan fingerprint density at radius 3 is 2.43 bits per heavy atom. The number of nitrogens with zero attached hydrogens (tertiary/aromatic N) is 2. The van der Waals surface area contributed by atoms with Gasteiger partial charge in [0, 0.05) is 17.6 Å². The highest BCUT2D eigenvalue weighted by Crippen LogP contribution is 2.22. The van der Waals surface area contributed by atoms with Gasteiger partial charge in [-0.05, 0) is 35.9 Å². The van der Waals surface area contributed by atoms with Crippen LogP contribution in [0, 0.1) is 6.92 Å². The van der Waals surface area contributed by atoms with Gasteiger partial charge in [0.1, 0.15) is 0 Å². The molecule has 4 N–H and O–H groups in total. The second-order valence-corrected chi connectivity index (χ2v) is 5.06. The summed E-state index contributed by atoms with van der Waals surface area (Å²) >= 11 is 0. The minimum absolute atomic E-state index is 0. The van der Waals surface area contributed by atoms with Crippen molar-refractivity contribution in [3.05, 3.63) is 66.0 Å². The van der Waals surface area contributed by atoms with Gasteiger partial charge in [-0.15, -0.1) is 12.4 Å². The van der Waals surface area contributed by atoms with Crippen LogP contribution in [0.2, 0.25) is 0 Å². The molecule has 0 spiro atoms. The fourth-order valence-electron chi connectivity index (χ4n) is 2.52. The van der Waals surface area contributed by atoms with E-state index in [2.05, 4.69) is 29.3 Å². The van der Waals surface area contributed by atoms with Gasteiger partial charge in [0.2, 0.25) is 0 Å². The zero-order valence-electron chi connectivity index (χ0n) is 12.6. The van der Waals surface area contributed by atoms with Gasteiger partial charge in [0.25, 0.3) is 5.91 Å². The zero-order chi connectivity index (χ0) is 15.7. The van der Waals surface area contributed by atoms with Crippen LogP contribution in [0.1, 0.15) is 16.1 Å². The average Bonchev–Trinajstić information content (AvgIpc) is 2.88. The van der Waals surface area contributed by atoms with Crippen LogP contribution in [0.25, 0.3) is 16.5 Å². The first-order valence-corrected chi connectivity index (χ1v) is 6.87. The molecule has 5 nitrogen and oxygen atoms in total. The molecule has 1 heterocycles. The number of nitrogens with two attached hydrogens (primary N) is 2. The molecule has 1 aromatic heterocycles. The number of fused-ring (bicyclic) bond motifs is 1. The van der Waals surface area contributed by atoms with Gasteiger partial charge >= 0.3 is 0 Å². The number of hydrogen-bond acceptors (Lipinski definition) is 1. The molecular weight excluding hydrogens is 312 g/mol. The van der Waals surface area contributed by atoms with Crippen LogP contribution in [-0.4, -0.2) is 16.4 Å². The summed E-state index contributed by atoms with van der Waals surface area (Å²) in [7, 11) is 0. The minimum atomic E-state index is -0.433. The third-order valence-corrected chi connectivity index (χ3v) is 3.61. The largest absolute Gasteiger partial charge is 0.370 e. The summed E-state index contributed by atoms with van der Waals surface area (Å²) in [4.78, 5) is 15.6. The van der Waals surface area contributed by atoms with Crippen molar-refractivity contribution in [3.63, 3.8) is 0 Å². The van der Waals surface area contributed by atoms with Gasteiger partial charge in [-0.1, -0.05) is 30.3 Å². The smallest absolute Gasteiger partial charge is 0.282 e. The topological polar surface area (TPSA) is 86.4 Å². The lowest BCUT2D eigenvalue weighted by molar-refractivity contribution is 0.100. The SMILES string of the molecule is Cc1c(C(=O)N=C(N)N)ccn1-c1ccc2ccccc2c1.Cl. The van der Waals surface area contributed by atoms with E-state index in [0.717, 1.165) is 16.8 Å². The quantitative estimate of drug-likeness (QED) is 0.560. The number of aliphatic imine (C=N–C) groups is 1. The van der Waals surface area contributed by atoms with Gasteiger partial charge in [0.05, 0.1) is 5.56 Å². The van der Waals surface area contributed by atoms with Crippen LogP contribution in [0.3, 0.4) is 0 Å². The van der Waals surface area contributed by atoms with Crippen LogP contribution >= 0.6 is 12.4 Å². The van der Waals surface area contributed by atoms with E-state index in [1.54, 1.807) is 6.07 Å². The molecule has 0 radical (unpaired) electrons. The van der Waals surface area contributed by atoms with Gasteiger partial charge in [-0.3, -0.25) is 4.79 Å². The van der Waals surface area contributed by atoms with E-state index in [1.165, 1.54) is 5.39 Å². The summed E-state index contributed by atoms with van der Waals surface area (Å²) in [5, 5.41) is 2.32. The predicted octanol–water partition coefficient (Wildman–Crippen LogP) is 2.77. The summed E-state index contributed by atoms with van der Waals surface area (Å²) in [5.74, 6) is -0.667. The summed E-state index contributed by atoms with van der Waals surface area (Å²) in [6.07, 6.45) is 1.84. The van der Waals surface area contributed by atoms with Crippen molar-refractivity contribution in [2.75, 3.05) is 0 Å². The number of carbonyl (C=O) groups excluding carboxylic acids is 1. The highest BCUT2D eigenvalue weighted by Gasteiger charge is 2.13. The molecule has 0 saturated heterocycles. The number of hydrogen-bond donors (Lipinski definition) is 2. The maximum absolute atomic E-state index is 12.0. The molecule has 6 heteroatoms. The fourth-order valence-corrected chi connectivity index (χ4v) is 2.52. The molecule has 0 saturated carbocycles. The molecular formula is C17H17ClN4O. The van der Waals surface area contributed by atoms with Crippen LogP contribution in [0.15, 0.2) is 59.7 Å². The van der Waals surface area contributed by atoms with E-state index in [-0.39, 0.29) is 18.4 Å². The molecule has 0 unspecified atom stereocenters. The number of halogens is 1. The van der Waals surface area contributed by atoms with Crippen molar-refractivity contribution in [1.82, 2.24) is 4.57 Å². The summed E-state index contributed by atoms with van der Waals surface area (Å²) < 4.78 is 1.95. The van der Waals surface area contributed by atoms with E-state index in [4.69, 9.17) is 11.5 Å². The Balaban J connectivity index is 0.00000192. The van der Waals surface area contributed by atoms with Crippen LogP contribution in [-0.2, 0) is 0 Å². The van der Waals surface area contributed by atoms with Gasteiger partial charge in [0.15, 0.2) is 5.96 Å². The van der Waals surface area contributed by atoms with E-state index in [0.29, 0.717) is 5.56 Å². The fraction of sp³-hybridized carbons (Fsp3) is 0.0588. The first-order chi connectivity index (χ1) is 10.6. The molecule has 118 valence electrons. The molecule has 0 aliphatic heterocycles. The molecule has 0 aliphatic carbocycles. The van der Waals surface area contributed by atoms with Crippen LogP contribution in [0.5, 0.6) is 0 Å². The Morgan fingerprint density at radius 1 is 1.04 bits per heavy atom. The summed E-state index contributed by atoms with van der Waals surface area (Å²) in [6.45, 7) is 1.87.